The molecule has 0 bridgehead atoms. The Kier molecular flexibility index (Phi) is 2.91. The van der Waals surface area contributed by atoms with E-state index >= 15 is 0 Å². The van der Waals surface area contributed by atoms with E-state index in [1.807, 2.05) is 18.2 Å². The maximum atomic E-state index is 5.92. The quantitative estimate of drug-likeness (QED) is 0.868. The Morgan fingerprint density at radius 2 is 2.21 bits per heavy atom. The van der Waals surface area contributed by atoms with Crippen molar-refractivity contribution in [2.24, 2.45) is 5.73 Å². The molecule has 0 unspecified atom stereocenters. The van der Waals surface area contributed by atoms with Crippen LogP contribution in [0.5, 0.6) is 5.75 Å². The highest BCUT2D eigenvalue weighted by atomic mass is 127. The smallest absolute Gasteiger partial charge is 0.134 e. The number of halogens is 2. The maximum absolute atomic E-state index is 5.92. The molecule has 14 heavy (non-hydrogen) atoms. The number of rotatable bonds is 3. The molecule has 0 aliphatic heterocycles. The second-order valence-corrected chi connectivity index (χ2v) is 5.32. The molecule has 76 valence electrons. The van der Waals surface area contributed by atoms with Crippen LogP contribution in [0, 0.1) is 3.57 Å². The Hall–Kier alpha value is -0.000000000000000111. The van der Waals surface area contributed by atoms with Crippen LogP contribution in [0.4, 0.5) is 0 Å². The first kappa shape index (κ1) is 10.5. The van der Waals surface area contributed by atoms with Gasteiger partial charge in [0, 0.05) is 5.02 Å². The van der Waals surface area contributed by atoms with Crippen LogP contribution in [-0.4, -0.2) is 12.1 Å². The van der Waals surface area contributed by atoms with Gasteiger partial charge in [0.05, 0.1) is 9.11 Å². The number of benzene rings is 1. The van der Waals surface area contributed by atoms with Gasteiger partial charge in [-0.1, -0.05) is 11.6 Å². The van der Waals surface area contributed by atoms with Gasteiger partial charge in [-0.05, 0) is 53.6 Å². The van der Waals surface area contributed by atoms with Crippen LogP contribution in [0.15, 0.2) is 18.2 Å². The topological polar surface area (TPSA) is 35.2 Å². The van der Waals surface area contributed by atoms with Gasteiger partial charge in [-0.3, -0.25) is 0 Å². The van der Waals surface area contributed by atoms with E-state index in [4.69, 9.17) is 22.1 Å². The zero-order chi connectivity index (χ0) is 10.2. The zero-order valence-electron chi connectivity index (χ0n) is 7.59. The van der Waals surface area contributed by atoms with Crippen molar-refractivity contribution in [3.8, 4) is 5.75 Å². The van der Waals surface area contributed by atoms with Gasteiger partial charge in [-0.2, -0.15) is 0 Å². The molecular weight excluding hydrogens is 312 g/mol. The lowest BCUT2D eigenvalue weighted by Gasteiger charge is -2.12. The molecule has 1 aliphatic carbocycles. The van der Waals surface area contributed by atoms with Crippen molar-refractivity contribution in [1.82, 2.24) is 0 Å². The molecule has 0 amide bonds. The fraction of sp³-hybridized carbons (Fsp3) is 0.400. The normalized spacial score (nSPS) is 17.9. The first-order valence-electron chi connectivity index (χ1n) is 4.46. The average molecular weight is 324 g/mol. The Labute approximate surface area is 102 Å². The minimum atomic E-state index is -0.0780. The van der Waals surface area contributed by atoms with Crippen LogP contribution < -0.4 is 10.5 Å². The molecule has 4 heteroatoms. The van der Waals surface area contributed by atoms with Gasteiger partial charge in [0.15, 0.2) is 0 Å². The predicted molar refractivity (Wildman–Crippen MR) is 65.8 cm³/mol. The molecule has 0 heterocycles. The van der Waals surface area contributed by atoms with Crippen LogP contribution in [0.1, 0.15) is 12.8 Å². The van der Waals surface area contributed by atoms with Crippen molar-refractivity contribution in [2.45, 2.75) is 18.4 Å². The van der Waals surface area contributed by atoms with Crippen LogP contribution >= 0.6 is 34.2 Å². The maximum Gasteiger partial charge on any atom is 0.134 e. The molecule has 1 aromatic rings. The lowest BCUT2D eigenvalue weighted by molar-refractivity contribution is 0.277. The Bertz CT molecular complexity index is 352. The lowest BCUT2D eigenvalue weighted by atomic mass is 10.3. The summed E-state index contributed by atoms with van der Waals surface area (Å²) in [5, 5.41) is 0.697. The molecule has 1 fully saturated rings. The fourth-order valence-corrected chi connectivity index (χ4v) is 1.77. The molecule has 0 atom stereocenters. The molecule has 1 aromatic carbocycles. The summed E-state index contributed by atoms with van der Waals surface area (Å²) in [5.74, 6) is 0.829. The van der Waals surface area contributed by atoms with Crippen molar-refractivity contribution in [3.63, 3.8) is 0 Å². The van der Waals surface area contributed by atoms with Gasteiger partial charge in [0.25, 0.3) is 0 Å². The summed E-state index contributed by atoms with van der Waals surface area (Å²) in [6, 6.07) is 5.62. The number of hydrogen-bond acceptors (Lipinski definition) is 2. The second-order valence-electron chi connectivity index (χ2n) is 3.73. The largest absolute Gasteiger partial charge is 0.491 e. The molecule has 1 aliphatic rings. The van der Waals surface area contributed by atoms with Crippen LogP contribution in [0.25, 0.3) is 0 Å². The van der Waals surface area contributed by atoms with E-state index in [1.54, 1.807) is 0 Å². The summed E-state index contributed by atoms with van der Waals surface area (Å²) in [6.45, 7) is 0.587. The zero-order valence-corrected chi connectivity index (χ0v) is 10.5. The fourth-order valence-electron chi connectivity index (χ4n) is 1.11. The summed E-state index contributed by atoms with van der Waals surface area (Å²) in [4.78, 5) is 0. The molecular formula is C10H11ClINO. The highest BCUT2D eigenvalue weighted by Crippen LogP contribution is 2.34. The van der Waals surface area contributed by atoms with E-state index in [1.165, 1.54) is 0 Å². The third-order valence-electron chi connectivity index (χ3n) is 2.30. The van der Waals surface area contributed by atoms with E-state index in [0.717, 1.165) is 22.2 Å². The Morgan fingerprint density at radius 1 is 1.50 bits per heavy atom. The molecule has 0 saturated heterocycles. The summed E-state index contributed by atoms with van der Waals surface area (Å²) >= 11 is 8.09. The van der Waals surface area contributed by atoms with Crippen LogP contribution in [-0.2, 0) is 0 Å². The minimum absolute atomic E-state index is 0.0780. The molecule has 2 N–H and O–H groups in total. The van der Waals surface area contributed by atoms with Gasteiger partial charge in [-0.15, -0.1) is 0 Å². The van der Waals surface area contributed by atoms with Gasteiger partial charge in [0.2, 0.25) is 0 Å². The van der Waals surface area contributed by atoms with E-state index < -0.39 is 0 Å². The van der Waals surface area contributed by atoms with E-state index in [-0.39, 0.29) is 5.54 Å². The number of nitrogens with two attached hydrogens (primary N) is 1. The summed E-state index contributed by atoms with van der Waals surface area (Å²) < 4.78 is 6.69. The third-order valence-corrected chi connectivity index (χ3v) is 3.43. The van der Waals surface area contributed by atoms with Crippen molar-refractivity contribution < 1.29 is 4.74 Å². The first-order chi connectivity index (χ1) is 6.59. The predicted octanol–water partition coefficient (Wildman–Crippen LogP) is 2.81. The average Bonchev–Trinajstić information content (AvgIpc) is 2.87. The Morgan fingerprint density at radius 3 is 2.86 bits per heavy atom. The van der Waals surface area contributed by atoms with E-state index in [2.05, 4.69) is 22.6 Å². The Balaban J connectivity index is 2.04. The third kappa shape index (κ3) is 2.52. The second kappa shape index (κ2) is 3.87. The van der Waals surface area contributed by atoms with Gasteiger partial charge in [0.1, 0.15) is 12.4 Å². The van der Waals surface area contributed by atoms with Crippen molar-refractivity contribution in [3.05, 3.63) is 26.8 Å². The highest BCUT2D eigenvalue weighted by molar-refractivity contribution is 14.1. The molecule has 2 nitrogen and oxygen atoms in total. The van der Waals surface area contributed by atoms with Crippen LogP contribution in [0.2, 0.25) is 5.02 Å². The standard InChI is InChI=1S/C10H11ClINO/c11-7-1-2-8(12)9(5-7)14-6-10(13)3-4-10/h1-2,5H,3-4,6,13H2. The summed E-state index contributed by atoms with van der Waals surface area (Å²) in [5.41, 5.74) is 5.84. The number of ether oxygens (including phenoxy) is 1. The van der Waals surface area contributed by atoms with E-state index in [9.17, 15) is 0 Å². The van der Waals surface area contributed by atoms with Crippen molar-refractivity contribution >= 4 is 34.2 Å². The first-order valence-corrected chi connectivity index (χ1v) is 5.91. The molecule has 0 radical (unpaired) electrons. The molecule has 0 spiro atoms. The van der Waals surface area contributed by atoms with Crippen LogP contribution in [0.3, 0.4) is 0 Å². The summed E-state index contributed by atoms with van der Waals surface area (Å²) in [6.07, 6.45) is 2.12. The van der Waals surface area contributed by atoms with E-state index in [0.29, 0.717) is 11.6 Å². The van der Waals surface area contributed by atoms with Gasteiger partial charge in [-0.25, -0.2) is 0 Å². The lowest BCUT2D eigenvalue weighted by Crippen LogP contribution is -2.29. The van der Waals surface area contributed by atoms with Gasteiger partial charge < -0.3 is 10.5 Å². The minimum Gasteiger partial charge on any atom is -0.491 e. The van der Waals surface area contributed by atoms with Gasteiger partial charge >= 0.3 is 0 Å². The number of hydrogen-bond donors (Lipinski definition) is 1. The molecule has 0 aromatic heterocycles. The molecule has 1 saturated carbocycles. The SMILES string of the molecule is NC1(COc2cc(Cl)ccc2I)CC1. The monoisotopic (exact) mass is 323 g/mol. The van der Waals surface area contributed by atoms with Crippen molar-refractivity contribution in [2.75, 3.05) is 6.61 Å². The summed E-state index contributed by atoms with van der Waals surface area (Å²) in [7, 11) is 0. The molecule has 2 rings (SSSR count). The highest BCUT2D eigenvalue weighted by Gasteiger charge is 2.39. The van der Waals surface area contributed by atoms with Crippen molar-refractivity contribution in [1.29, 1.82) is 0 Å².